The minimum absolute atomic E-state index is 0.0926. The summed E-state index contributed by atoms with van der Waals surface area (Å²) in [5, 5.41) is 0. The summed E-state index contributed by atoms with van der Waals surface area (Å²) in [4.78, 5) is 14.3. The van der Waals surface area contributed by atoms with Crippen LogP contribution in [0, 0.1) is 5.92 Å². The smallest absolute Gasteiger partial charge is 0.410 e. The lowest BCUT2D eigenvalue weighted by atomic mass is 9.87. The van der Waals surface area contributed by atoms with E-state index in [0.29, 0.717) is 12.1 Å². The lowest BCUT2D eigenvalue weighted by Gasteiger charge is -2.39. The van der Waals surface area contributed by atoms with Crippen molar-refractivity contribution >= 4 is 6.09 Å². The van der Waals surface area contributed by atoms with E-state index in [1.54, 1.807) is 0 Å². The van der Waals surface area contributed by atoms with Crippen LogP contribution in [0.4, 0.5) is 4.79 Å². The molecule has 0 saturated carbocycles. The van der Waals surface area contributed by atoms with Crippen molar-refractivity contribution in [2.75, 3.05) is 0 Å². The van der Waals surface area contributed by atoms with Crippen LogP contribution in [0.1, 0.15) is 66.2 Å². The predicted molar refractivity (Wildman–Crippen MR) is 72.5 cm³/mol. The maximum Gasteiger partial charge on any atom is 0.410 e. The zero-order chi connectivity index (χ0) is 13.3. The number of amides is 1. The van der Waals surface area contributed by atoms with Crippen LogP contribution >= 0.6 is 0 Å². The Morgan fingerprint density at radius 1 is 1.22 bits per heavy atom. The zero-order valence-corrected chi connectivity index (χ0v) is 12.2. The molecule has 0 aromatic rings. The summed E-state index contributed by atoms with van der Waals surface area (Å²) in [6.07, 6.45) is 7.19. The Morgan fingerprint density at radius 2 is 1.78 bits per heavy atom. The van der Waals surface area contributed by atoms with Crippen LogP contribution in [-0.2, 0) is 4.74 Å². The summed E-state index contributed by atoms with van der Waals surface area (Å²) in [6, 6.07) is 0.880. The molecular formula is C15H27NO2. The monoisotopic (exact) mass is 253 g/mol. The van der Waals surface area contributed by atoms with Gasteiger partial charge in [-0.3, -0.25) is 0 Å². The van der Waals surface area contributed by atoms with Gasteiger partial charge in [-0.1, -0.05) is 19.8 Å². The maximum absolute atomic E-state index is 12.2. The van der Waals surface area contributed by atoms with E-state index in [4.69, 9.17) is 4.74 Å². The van der Waals surface area contributed by atoms with Gasteiger partial charge in [0.15, 0.2) is 0 Å². The van der Waals surface area contributed by atoms with Crippen molar-refractivity contribution < 1.29 is 9.53 Å². The maximum atomic E-state index is 12.2. The molecule has 2 heterocycles. The number of piperidine rings is 1. The molecule has 0 aliphatic carbocycles. The van der Waals surface area contributed by atoms with Gasteiger partial charge >= 0.3 is 6.09 Å². The van der Waals surface area contributed by atoms with Crippen LogP contribution < -0.4 is 0 Å². The number of ether oxygens (including phenoxy) is 1. The van der Waals surface area contributed by atoms with E-state index < -0.39 is 0 Å². The fraction of sp³-hybridized carbons (Fsp3) is 0.933. The summed E-state index contributed by atoms with van der Waals surface area (Å²) in [7, 11) is 0. The highest BCUT2D eigenvalue weighted by Gasteiger charge is 2.44. The van der Waals surface area contributed by atoms with Crippen LogP contribution in [0.25, 0.3) is 0 Å². The van der Waals surface area contributed by atoms with E-state index in [9.17, 15) is 4.79 Å². The standard InChI is InChI=1S/C15H27NO2/c1-5-6-11-9-12-7-8-13(10-11)16(12)14(17)18-15(2,3)4/h11-13H,5-10H2,1-4H3. The van der Waals surface area contributed by atoms with Gasteiger partial charge < -0.3 is 9.64 Å². The molecule has 104 valence electrons. The fourth-order valence-electron chi connectivity index (χ4n) is 3.55. The third-order valence-corrected chi connectivity index (χ3v) is 4.13. The van der Waals surface area contributed by atoms with Gasteiger partial charge in [-0.05, 0) is 52.4 Å². The van der Waals surface area contributed by atoms with Crippen LogP contribution in [0.15, 0.2) is 0 Å². The molecule has 0 aromatic heterocycles. The summed E-state index contributed by atoms with van der Waals surface area (Å²) >= 11 is 0. The first-order chi connectivity index (χ1) is 8.40. The number of rotatable bonds is 2. The molecule has 0 aromatic carbocycles. The second kappa shape index (κ2) is 5.10. The third kappa shape index (κ3) is 2.99. The second-order valence-corrected chi connectivity index (χ2v) is 6.90. The molecule has 3 nitrogen and oxygen atoms in total. The summed E-state index contributed by atoms with van der Waals surface area (Å²) in [5.74, 6) is 0.825. The molecule has 2 saturated heterocycles. The first-order valence-electron chi connectivity index (χ1n) is 7.42. The molecule has 18 heavy (non-hydrogen) atoms. The molecule has 0 N–H and O–H groups in total. The van der Waals surface area contributed by atoms with Gasteiger partial charge in [0.1, 0.15) is 5.60 Å². The van der Waals surface area contributed by atoms with Crippen LogP contribution in [0.3, 0.4) is 0 Å². The van der Waals surface area contributed by atoms with E-state index in [1.165, 1.54) is 38.5 Å². The summed E-state index contributed by atoms with van der Waals surface area (Å²) in [5.41, 5.74) is -0.378. The van der Waals surface area contributed by atoms with E-state index in [-0.39, 0.29) is 11.7 Å². The van der Waals surface area contributed by atoms with Gasteiger partial charge in [0.05, 0.1) is 0 Å². The average Bonchev–Trinajstić information content (AvgIpc) is 2.49. The molecule has 0 radical (unpaired) electrons. The largest absolute Gasteiger partial charge is 0.444 e. The van der Waals surface area contributed by atoms with Gasteiger partial charge in [0.25, 0.3) is 0 Å². The molecule has 2 rings (SSSR count). The van der Waals surface area contributed by atoms with Crippen molar-refractivity contribution in [3.63, 3.8) is 0 Å². The molecule has 3 heteroatoms. The van der Waals surface area contributed by atoms with Gasteiger partial charge in [0.2, 0.25) is 0 Å². The minimum atomic E-state index is -0.378. The second-order valence-electron chi connectivity index (χ2n) is 6.90. The van der Waals surface area contributed by atoms with Crippen molar-refractivity contribution in [2.24, 2.45) is 5.92 Å². The molecule has 2 bridgehead atoms. The number of nitrogens with zero attached hydrogens (tertiary/aromatic N) is 1. The van der Waals surface area contributed by atoms with Crippen LogP contribution in [0.2, 0.25) is 0 Å². The molecule has 2 aliphatic rings. The lowest BCUT2D eigenvalue weighted by Crippen LogP contribution is -2.48. The first-order valence-corrected chi connectivity index (χ1v) is 7.42. The number of carbonyl (C=O) groups is 1. The topological polar surface area (TPSA) is 29.5 Å². The zero-order valence-electron chi connectivity index (χ0n) is 12.2. The minimum Gasteiger partial charge on any atom is -0.444 e. The Balaban J connectivity index is 1.98. The van der Waals surface area contributed by atoms with Gasteiger partial charge in [0, 0.05) is 12.1 Å². The Morgan fingerprint density at radius 3 is 2.22 bits per heavy atom. The fourth-order valence-corrected chi connectivity index (χ4v) is 3.55. The Hall–Kier alpha value is -0.730. The third-order valence-electron chi connectivity index (χ3n) is 4.13. The predicted octanol–water partition coefficient (Wildman–Crippen LogP) is 3.96. The summed E-state index contributed by atoms with van der Waals surface area (Å²) < 4.78 is 5.54. The summed E-state index contributed by atoms with van der Waals surface area (Å²) in [6.45, 7) is 8.08. The SMILES string of the molecule is CCCC1CC2CCC(C1)N2C(=O)OC(C)(C)C. The van der Waals surface area contributed by atoms with E-state index in [2.05, 4.69) is 6.92 Å². The van der Waals surface area contributed by atoms with Gasteiger partial charge in [-0.2, -0.15) is 0 Å². The van der Waals surface area contributed by atoms with Crippen molar-refractivity contribution in [3.8, 4) is 0 Å². The molecule has 2 atom stereocenters. The lowest BCUT2D eigenvalue weighted by molar-refractivity contribution is 0.00162. The highest BCUT2D eigenvalue weighted by molar-refractivity contribution is 5.69. The average molecular weight is 253 g/mol. The number of hydrogen-bond donors (Lipinski definition) is 0. The molecule has 2 unspecified atom stereocenters. The van der Waals surface area contributed by atoms with Gasteiger partial charge in [-0.25, -0.2) is 4.79 Å². The molecule has 2 aliphatic heterocycles. The highest BCUT2D eigenvalue weighted by atomic mass is 16.6. The van der Waals surface area contributed by atoms with Crippen molar-refractivity contribution in [1.29, 1.82) is 0 Å². The van der Waals surface area contributed by atoms with Gasteiger partial charge in [-0.15, -0.1) is 0 Å². The van der Waals surface area contributed by atoms with Crippen LogP contribution in [0.5, 0.6) is 0 Å². The molecule has 2 fully saturated rings. The number of hydrogen-bond acceptors (Lipinski definition) is 2. The Kier molecular flexibility index (Phi) is 3.88. The van der Waals surface area contributed by atoms with E-state index in [0.717, 1.165) is 5.92 Å². The first kappa shape index (κ1) is 13.7. The van der Waals surface area contributed by atoms with E-state index in [1.807, 2.05) is 25.7 Å². The Bertz CT molecular complexity index is 294. The van der Waals surface area contributed by atoms with Crippen LogP contribution in [-0.4, -0.2) is 28.7 Å². The van der Waals surface area contributed by atoms with Crippen molar-refractivity contribution in [1.82, 2.24) is 4.90 Å². The quantitative estimate of drug-likeness (QED) is 0.745. The van der Waals surface area contributed by atoms with Crippen molar-refractivity contribution in [3.05, 3.63) is 0 Å². The van der Waals surface area contributed by atoms with E-state index >= 15 is 0 Å². The molecule has 0 spiro atoms. The molecule has 1 amide bonds. The van der Waals surface area contributed by atoms with Crippen molar-refractivity contribution in [2.45, 2.75) is 83.9 Å². The Labute approximate surface area is 111 Å². The highest BCUT2D eigenvalue weighted by Crippen LogP contribution is 2.40. The number of carbonyl (C=O) groups excluding carboxylic acids is 1. The molecular weight excluding hydrogens is 226 g/mol. The normalized spacial score (nSPS) is 31.6. The number of fused-ring (bicyclic) bond motifs is 2.